The summed E-state index contributed by atoms with van der Waals surface area (Å²) in [5.41, 5.74) is 5.45. The zero-order valence-corrected chi connectivity index (χ0v) is 10.9. The molecular formula is C16H17NO. The zero-order valence-electron chi connectivity index (χ0n) is 10.9. The van der Waals surface area contributed by atoms with Gasteiger partial charge < -0.3 is 5.32 Å². The maximum absolute atomic E-state index is 11.2. The number of amides is 1. The summed E-state index contributed by atoms with van der Waals surface area (Å²) in [7, 11) is 0. The van der Waals surface area contributed by atoms with Crippen molar-refractivity contribution < 1.29 is 4.79 Å². The fraction of sp³-hybridized carbons (Fsp3) is 0.188. The van der Waals surface area contributed by atoms with Crippen LogP contribution < -0.4 is 5.32 Å². The monoisotopic (exact) mass is 239 g/mol. The maximum Gasteiger partial charge on any atom is 0.221 e. The highest BCUT2D eigenvalue weighted by atomic mass is 16.1. The first-order valence-corrected chi connectivity index (χ1v) is 6.01. The molecule has 2 aromatic rings. The summed E-state index contributed by atoms with van der Waals surface area (Å²) < 4.78 is 0. The highest BCUT2D eigenvalue weighted by molar-refractivity contribution is 5.94. The number of carbonyl (C=O) groups excluding carboxylic acids is 1. The quantitative estimate of drug-likeness (QED) is 0.845. The van der Waals surface area contributed by atoms with Crippen LogP contribution in [0.1, 0.15) is 18.1 Å². The Hall–Kier alpha value is -2.09. The fourth-order valence-corrected chi connectivity index (χ4v) is 1.93. The number of carbonyl (C=O) groups is 1. The maximum atomic E-state index is 11.2. The molecule has 0 spiro atoms. The third-order valence-corrected chi connectivity index (χ3v) is 2.85. The smallest absolute Gasteiger partial charge is 0.221 e. The SMILES string of the molecule is CC(=O)Nc1ccc(C)cc1-c1ccc(C)cc1. The molecule has 2 heteroatoms. The molecule has 0 radical (unpaired) electrons. The van der Waals surface area contributed by atoms with Gasteiger partial charge in [0, 0.05) is 18.2 Å². The van der Waals surface area contributed by atoms with Crippen LogP contribution >= 0.6 is 0 Å². The van der Waals surface area contributed by atoms with Crippen molar-refractivity contribution in [2.75, 3.05) is 5.32 Å². The van der Waals surface area contributed by atoms with Crippen molar-refractivity contribution in [2.24, 2.45) is 0 Å². The Kier molecular flexibility index (Phi) is 3.47. The van der Waals surface area contributed by atoms with E-state index < -0.39 is 0 Å². The van der Waals surface area contributed by atoms with Gasteiger partial charge in [0.1, 0.15) is 0 Å². The highest BCUT2D eigenvalue weighted by Gasteiger charge is 2.06. The molecule has 2 aromatic carbocycles. The van der Waals surface area contributed by atoms with Crippen molar-refractivity contribution in [2.45, 2.75) is 20.8 Å². The predicted molar refractivity (Wildman–Crippen MR) is 75.7 cm³/mol. The van der Waals surface area contributed by atoms with Crippen molar-refractivity contribution in [3.63, 3.8) is 0 Å². The standard InChI is InChI=1S/C16H17NO/c1-11-4-7-14(8-5-11)15-10-12(2)6-9-16(15)17-13(3)18/h4-10H,1-3H3,(H,17,18). The molecule has 2 rings (SSSR count). The van der Waals surface area contributed by atoms with Crippen LogP contribution in [0.4, 0.5) is 5.69 Å². The van der Waals surface area contributed by atoms with E-state index >= 15 is 0 Å². The Balaban J connectivity index is 2.50. The van der Waals surface area contributed by atoms with Gasteiger partial charge >= 0.3 is 0 Å². The zero-order chi connectivity index (χ0) is 13.1. The first-order valence-electron chi connectivity index (χ1n) is 6.01. The summed E-state index contributed by atoms with van der Waals surface area (Å²) in [4.78, 5) is 11.2. The van der Waals surface area contributed by atoms with Crippen LogP contribution in [-0.4, -0.2) is 5.91 Å². The van der Waals surface area contributed by atoms with Crippen molar-refractivity contribution in [3.05, 3.63) is 53.6 Å². The topological polar surface area (TPSA) is 29.1 Å². The molecule has 1 N–H and O–H groups in total. The molecule has 0 bridgehead atoms. The molecule has 0 fully saturated rings. The van der Waals surface area contributed by atoms with Crippen molar-refractivity contribution in [1.29, 1.82) is 0 Å². The summed E-state index contributed by atoms with van der Waals surface area (Å²) in [5, 5.41) is 2.87. The van der Waals surface area contributed by atoms with E-state index in [0.717, 1.165) is 16.8 Å². The number of aryl methyl sites for hydroxylation is 2. The lowest BCUT2D eigenvalue weighted by atomic mass is 10.0. The Morgan fingerprint density at radius 2 is 1.56 bits per heavy atom. The number of nitrogens with one attached hydrogen (secondary N) is 1. The largest absolute Gasteiger partial charge is 0.326 e. The number of rotatable bonds is 2. The average molecular weight is 239 g/mol. The van der Waals surface area contributed by atoms with Crippen molar-refractivity contribution >= 4 is 11.6 Å². The van der Waals surface area contributed by atoms with Gasteiger partial charge in [-0.1, -0.05) is 41.5 Å². The van der Waals surface area contributed by atoms with Crippen molar-refractivity contribution in [3.8, 4) is 11.1 Å². The third-order valence-electron chi connectivity index (χ3n) is 2.85. The second-order valence-electron chi connectivity index (χ2n) is 4.60. The molecule has 0 atom stereocenters. The molecule has 0 saturated heterocycles. The van der Waals surface area contributed by atoms with Gasteiger partial charge in [0.15, 0.2) is 0 Å². The van der Waals surface area contributed by atoms with Crippen molar-refractivity contribution in [1.82, 2.24) is 0 Å². The minimum absolute atomic E-state index is 0.0489. The van der Waals surface area contributed by atoms with E-state index in [1.165, 1.54) is 18.1 Å². The van der Waals surface area contributed by atoms with E-state index in [1.54, 1.807) is 0 Å². The molecule has 0 aliphatic heterocycles. The number of hydrogen-bond donors (Lipinski definition) is 1. The van der Waals surface area contributed by atoms with Gasteiger partial charge in [0.2, 0.25) is 5.91 Å². The average Bonchev–Trinajstić information content (AvgIpc) is 2.32. The van der Waals surface area contributed by atoms with Gasteiger partial charge in [-0.05, 0) is 31.5 Å². The van der Waals surface area contributed by atoms with Crippen LogP contribution in [0.5, 0.6) is 0 Å². The molecule has 0 aliphatic carbocycles. The lowest BCUT2D eigenvalue weighted by Gasteiger charge is -2.11. The fourth-order valence-electron chi connectivity index (χ4n) is 1.93. The van der Waals surface area contributed by atoms with Crippen LogP contribution in [-0.2, 0) is 4.79 Å². The minimum Gasteiger partial charge on any atom is -0.326 e. The Morgan fingerprint density at radius 1 is 0.944 bits per heavy atom. The number of hydrogen-bond acceptors (Lipinski definition) is 1. The minimum atomic E-state index is -0.0489. The van der Waals surface area contributed by atoms with E-state index in [9.17, 15) is 4.79 Å². The molecule has 0 aliphatic rings. The third kappa shape index (κ3) is 2.77. The van der Waals surface area contributed by atoms with Crippen LogP contribution in [0.2, 0.25) is 0 Å². The summed E-state index contributed by atoms with van der Waals surface area (Å²) in [5.74, 6) is -0.0489. The predicted octanol–water partition coefficient (Wildman–Crippen LogP) is 3.93. The molecule has 0 heterocycles. The second-order valence-corrected chi connectivity index (χ2v) is 4.60. The molecule has 2 nitrogen and oxygen atoms in total. The molecule has 92 valence electrons. The van der Waals surface area contributed by atoms with Gasteiger partial charge in [-0.25, -0.2) is 0 Å². The van der Waals surface area contributed by atoms with E-state index in [-0.39, 0.29) is 5.91 Å². The summed E-state index contributed by atoms with van der Waals surface area (Å²) in [6, 6.07) is 14.4. The Morgan fingerprint density at radius 3 is 2.17 bits per heavy atom. The van der Waals surface area contributed by atoms with Gasteiger partial charge in [0.05, 0.1) is 0 Å². The molecular weight excluding hydrogens is 222 g/mol. The van der Waals surface area contributed by atoms with Gasteiger partial charge in [0.25, 0.3) is 0 Å². The van der Waals surface area contributed by atoms with Gasteiger partial charge in [-0.2, -0.15) is 0 Å². The highest BCUT2D eigenvalue weighted by Crippen LogP contribution is 2.29. The number of anilines is 1. The van der Waals surface area contributed by atoms with E-state index in [0.29, 0.717) is 0 Å². The van der Waals surface area contributed by atoms with Gasteiger partial charge in [-0.15, -0.1) is 0 Å². The normalized spacial score (nSPS) is 10.2. The first-order chi connectivity index (χ1) is 8.56. The lowest BCUT2D eigenvalue weighted by molar-refractivity contribution is -0.114. The summed E-state index contributed by atoms with van der Waals surface area (Å²) in [6.07, 6.45) is 0. The molecule has 0 unspecified atom stereocenters. The molecule has 18 heavy (non-hydrogen) atoms. The first kappa shape index (κ1) is 12.4. The summed E-state index contributed by atoms with van der Waals surface area (Å²) >= 11 is 0. The van der Waals surface area contributed by atoms with E-state index in [4.69, 9.17) is 0 Å². The lowest BCUT2D eigenvalue weighted by Crippen LogP contribution is -2.07. The molecule has 0 saturated carbocycles. The number of benzene rings is 2. The molecule has 0 aromatic heterocycles. The summed E-state index contributed by atoms with van der Waals surface area (Å²) in [6.45, 7) is 5.64. The van der Waals surface area contributed by atoms with Crippen LogP contribution in [0.3, 0.4) is 0 Å². The van der Waals surface area contributed by atoms with Gasteiger partial charge in [-0.3, -0.25) is 4.79 Å². The van der Waals surface area contributed by atoms with Crippen LogP contribution in [0, 0.1) is 13.8 Å². The second kappa shape index (κ2) is 5.05. The van der Waals surface area contributed by atoms with E-state index in [2.05, 4.69) is 49.5 Å². The van der Waals surface area contributed by atoms with Crippen LogP contribution in [0.15, 0.2) is 42.5 Å². The van der Waals surface area contributed by atoms with E-state index in [1.807, 2.05) is 12.1 Å². The van der Waals surface area contributed by atoms with Crippen LogP contribution in [0.25, 0.3) is 11.1 Å². The Bertz CT molecular complexity index is 570. The molecule has 1 amide bonds. The Labute approximate surface area is 108 Å².